The second-order valence-corrected chi connectivity index (χ2v) is 7.19. The highest BCUT2D eigenvalue weighted by Gasteiger charge is 2.21. The van der Waals surface area contributed by atoms with Crippen molar-refractivity contribution in [1.82, 2.24) is 15.5 Å². The zero-order valence-corrected chi connectivity index (χ0v) is 15.0. The predicted molar refractivity (Wildman–Crippen MR) is 96.9 cm³/mol. The van der Waals surface area contributed by atoms with Crippen molar-refractivity contribution in [2.45, 2.75) is 32.6 Å². The molecule has 2 rings (SSSR count). The lowest BCUT2D eigenvalue weighted by Crippen LogP contribution is -2.41. The normalized spacial score (nSPS) is 21.0. The molecule has 2 unspecified atom stereocenters. The summed E-state index contributed by atoms with van der Waals surface area (Å²) in [4.78, 5) is 8.34. The second kappa shape index (κ2) is 9.16. The van der Waals surface area contributed by atoms with E-state index in [4.69, 9.17) is 0 Å². The van der Waals surface area contributed by atoms with Crippen LogP contribution in [0, 0.1) is 5.92 Å². The van der Waals surface area contributed by atoms with Crippen LogP contribution >= 0.6 is 11.3 Å². The molecule has 1 aromatic heterocycles. The Kier molecular flexibility index (Phi) is 7.19. The molecule has 0 aromatic carbocycles. The van der Waals surface area contributed by atoms with Crippen LogP contribution in [-0.2, 0) is 0 Å². The van der Waals surface area contributed by atoms with E-state index in [1.54, 1.807) is 0 Å². The van der Waals surface area contributed by atoms with Crippen molar-refractivity contribution in [3.05, 3.63) is 22.4 Å². The second-order valence-electron chi connectivity index (χ2n) is 6.21. The van der Waals surface area contributed by atoms with Crippen molar-refractivity contribution in [1.29, 1.82) is 0 Å². The van der Waals surface area contributed by atoms with Gasteiger partial charge in [0.05, 0.1) is 0 Å². The fraction of sp³-hybridized carbons (Fsp3) is 0.706. The third kappa shape index (κ3) is 5.29. The molecule has 1 aliphatic rings. The molecule has 2 N–H and O–H groups in total. The Morgan fingerprint density at radius 1 is 1.50 bits per heavy atom. The van der Waals surface area contributed by atoms with Gasteiger partial charge < -0.3 is 15.5 Å². The summed E-state index contributed by atoms with van der Waals surface area (Å²) in [6.07, 6.45) is 2.56. The van der Waals surface area contributed by atoms with Crippen molar-refractivity contribution < 1.29 is 0 Å². The molecule has 0 amide bonds. The highest BCUT2D eigenvalue weighted by molar-refractivity contribution is 7.10. The fourth-order valence-corrected chi connectivity index (χ4v) is 3.77. The third-order valence-electron chi connectivity index (χ3n) is 4.30. The molecule has 1 saturated heterocycles. The summed E-state index contributed by atoms with van der Waals surface area (Å²) in [6, 6.07) is 4.32. The summed E-state index contributed by atoms with van der Waals surface area (Å²) in [5, 5.41) is 9.08. The molecular weight excluding hydrogens is 292 g/mol. The zero-order valence-electron chi connectivity index (χ0n) is 14.1. The monoisotopic (exact) mass is 322 g/mol. The van der Waals surface area contributed by atoms with Gasteiger partial charge in [0.15, 0.2) is 5.96 Å². The Morgan fingerprint density at radius 2 is 2.36 bits per heavy atom. The summed E-state index contributed by atoms with van der Waals surface area (Å²) in [6.45, 7) is 10.2. The molecule has 1 fully saturated rings. The number of rotatable bonds is 7. The van der Waals surface area contributed by atoms with Crippen LogP contribution in [0.3, 0.4) is 0 Å². The van der Waals surface area contributed by atoms with Crippen LogP contribution in [0.2, 0.25) is 0 Å². The standard InChI is InChI=1S/C17H30N4S/c1-4-8-21-9-7-15(13-21)12-20-17(18-3)19-11-14(2)16-6-5-10-22-16/h5-6,10,14-15H,4,7-9,11-13H2,1-3H3,(H2,18,19,20). The molecule has 1 aliphatic heterocycles. The fourth-order valence-electron chi connectivity index (χ4n) is 2.98. The molecule has 22 heavy (non-hydrogen) atoms. The number of likely N-dealkylation sites (tertiary alicyclic amines) is 1. The summed E-state index contributed by atoms with van der Waals surface area (Å²) in [5.41, 5.74) is 0. The lowest BCUT2D eigenvalue weighted by atomic mass is 10.1. The Morgan fingerprint density at radius 3 is 3.05 bits per heavy atom. The van der Waals surface area contributed by atoms with E-state index >= 15 is 0 Å². The Hall–Kier alpha value is -1.07. The van der Waals surface area contributed by atoms with Crippen LogP contribution in [0.25, 0.3) is 0 Å². The molecule has 0 radical (unpaired) electrons. The van der Waals surface area contributed by atoms with Gasteiger partial charge in [-0.2, -0.15) is 0 Å². The molecule has 124 valence electrons. The maximum absolute atomic E-state index is 4.34. The van der Waals surface area contributed by atoms with Crippen molar-refractivity contribution in [3.63, 3.8) is 0 Å². The average molecular weight is 323 g/mol. The van der Waals surface area contributed by atoms with Crippen molar-refractivity contribution in [2.75, 3.05) is 39.8 Å². The SMILES string of the molecule is CCCN1CCC(CNC(=NC)NCC(C)c2cccs2)C1. The number of aliphatic imine (C=N–C) groups is 1. The maximum Gasteiger partial charge on any atom is 0.191 e. The summed E-state index contributed by atoms with van der Waals surface area (Å²) >= 11 is 1.82. The molecule has 2 heterocycles. The number of hydrogen-bond acceptors (Lipinski definition) is 3. The van der Waals surface area contributed by atoms with E-state index in [2.05, 4.69) is 51.9 Å². The van der Waals surface area contributed by atoms with E-state index < -0.39 is 0 Å². The Balaban J connectivity index is 1.67. The van der Waals surface area contributed by atoms with E-state index in [9.17, 15) is 0 Å². The summed E-state index contributed by atoms with van der Waals surface area (Å²) in [7, 11) is 1.85. The first-order valence-electron chi connectivity index (χ1n) is 8.43. The van der Waals surface area contributed by atoms with Gasteiger partial charge in [-0.05, 0) is 43.3 Å². The lowest BCUT2D eigenvalue weighted by molar-refractivity contribution is 0.324. The van der Waals surface area contributed by atoms with Gasteiger partial charge in [0, 0.05) is 37.5 Å². The molecule has 0 spiro atoms. The molecule has 4 nitrogen and oxygen atoms in total. The van der Waals surface area contributed by atoms with Gasteiger partial charge in [0.1, 0.15) is 0 Å². The van der Waals surface area contributed by atoms with Crippen molar-refractivity contribution in [3.8, 4) is 0 Å². The molecule has 1 aromatic rings. The van der Waals surface area contributed by atoms with Gasteiger partial charge in [0.25, 0.3) is 0 Å². The molecule has 0 bridgehead atoms. The van der Waals surface area contributed by atoms with Crippen molar-refractivity contribution >= 4 is 17.3 Å². The number of guanidine groups is 1. The van der Waals surface area contributed by atoms with E-state index in [1.807, 2.05) is 18.4 Å². The lowest BCUT2D eigenvalue weighted by Gasteiger charge is -2.18. The topological polar surface area (TPSA) is 39.7 Å². The van der Waals surface area contributed by atoms with Crippen LogP contribution in [0.15, 0.2) is 22.5 Å². The minimum Gasteiger partial charge on any atom is -0.356 e. The van der Waals surface area contributed by atoms with E-state index in [-0.39, 0.29) is 0 Å². The van der Waals surface area contributed by atoms with E-state index in [0.29, 0.717) is 5.92 Å². The summed E-state index contributed by atoms with van der Waals surface area (Å²) < 4.78 is 0. The number of hydrogen-bond donors (Lipinski definition) is 2. The quantitative estimate of drug-likeness (QED) is 0.599. The van der Waals surface area contributed by atoms with Crippen LogP contribution in [0.5, 0.6) is 0 Å². The van der Waals surface area contributed by atoms with Crippen LogP contribution < -0.4 is 10.6 Å². The van der Waals surface area contributed by atoms with Crippen LogP contribution in [-0.4, -0.2) is 50.6 Å². The van der Waals surface area contributed by atoms with Crippen LogP contribution in [0.4, 0.5) is 0 Å². The predicted octanol–water partition coefficient (Wildman–Crippen LogP) is 2.75. The largest absolute Gasteiger partial charge is 0.356 e. The van der Waals surface area contributed by atoms with E-state index in [1.165, 1.54) is 37.4 Å². The molecule has 5 heteroatoms. The van der Waals surface area contributed by atoms with Gasteiger partial charge >= 0.3 is 0 Å². The highest BCUT2D eigenvalue weighted by Crippen LogP contribution is 2.19. The third-order valence-corrected chi connectivity index (χ3v) is 5.40. The minimum atomic E-state index is 0.519. The molecular formula is C17H30N4S. The first-order valence-corrected chi connectivity index (χ1v) is 9.31. The highest BCUT2D eigenvalue weighted by atomic mass is 32.1. The van der Waals surface area contributed by atoms with Gasteiger partial charge in [-0.15, -0.1) is 11.3 Å². The number of nitrogens with one attached hydrogen (secondary N) is 2. The smallest absolute Gasteiger partial charge is 0.191 e. The molecule has 0 saturated carbocycles. The first kappa shape index (κ1) is 17.3. The van der Waals surface area contributed by atoms with E-state index in [0.717, 1.165) is 25.0 Å². The van der Waals surface area contributed by atoms with Crippen molar-refractivity contribution in [2.24, 2.45) is 10.9 Å². The number of nitrogens with zero attached hydrogens (tertiary/aromatic N) is 2. The van der Waals surface area contributed by atoms with Gasteiger partial charge in [-0.25, -0.2) is 0 Å². The maximum atomic E-state index is 4.34. The van der Waals surface area contributed by atoms with Crippen LogP contribution in [0.1, 0.15) is 37.5 Å². The Labute approximate surface area is 139 Å². The summed E-state index contributed by atoms with van der Waals surface area (Å²) in [5.74, 6) is 2.20. The average Bonchev–Trinajstić information content (AvgIpc) is 3.19. The van der Waals surface area contributed by atoms with Gasteiger partial charge in [0.2, 0.25) is 0 Å². The van der Waals surface area contributed by atoms with Gasteiger partial charge in [-0.3, -0.25) is 4.99 Å². The first-order chi connectivity index (χ1) is 10.7. The van der Waals surface area contributed by atoms with Gasteiger partial charge in [-0.1, -0.05) is 19.9 Å². The molecule has 0 aliphatic carbocycles. The number of thiophene rings is 1. The Bertz CT molecular complexity index is 444. The molecule has 2 atom stereocenters. The zero-order chi connectivity index (χ0) is 15.8. The minimum absolute atomic E-state index is 0.519.